The molecule has 9 rings (SSSR count). The predicted octanol–water partition coefficient (Wildman–Crippen LogP) is 12.5. The van der Waals surface area contributed by atoms with Crippen molar-refractivity contribution in [2.45, 2.75) is 18.1 Å². The molecule has 20 heteroatoms. The molecule has 0 saturated carbocycles. The average molecular weight is 1080 g/mol. The summed E-state index contributed by atoms with van der Waals surface area (Å²) in [5.41, 5.74) is 2.12. The Bertz CT molecular complexity index is 3110. The van der Waals surface area contributed by atoms with Gasteiger partial charge in [0.25, 0.3) is 0 Å². The summed E-state index contributed by atoms with van der Waals surface area (Å²) in [5, 5.41) is 0. The zero-order valence-electron chi connectivity index (χ0n) is 42.5. The highest BCUT2D eigenvalue weighted by Crippen LogP contribution is 2.52. The molecule has 6 aromatic carbocycles. The van der Waals surface area contributed by atoms with Crippen LogP contribution in [0.2, 0.25) is 0 Å². The molecule has 13 nitrogen and oxygen atoms in total. The third-order valence-electron chi connectivity index (χ3n) is 13.1. The Hall–Kier alpha value is -8.44. The normalized spacial score (nSPS) is 17.2. The number of phosphoric ester groups is 1. The van der Waals surface area contributed by atoms with E-state index in [2.05, 4.69) is 0 Å². The van der Waals surface area contributed by atoms with Gasteiger partial charge in [-0.1, -0.05) is 54.6 Å². The van der Waals surface area contributed by atoms with Gasteiger partial charge in [0.2, 0.25) is 0 Å². The molecule has 3 atom stereocenters. The maximum Gasteiger partial charge on any atom is 0.647 e. The van der Waals surface area contributed by atoms with Gasteiger partial charge in [0.1, 0.15) is 52.2 Å². The lowest BCUT2D eigenvalue weighted by molar-refractivity contribution is 0.170. The Morgan fingerprint density at radius 2 is 0.701 bits per heavy atom. The molecule has 3 aliphatic heterocycles. The van der Waals surface area contributed by atoms with Crippen LogP contribution in [-0.2, 0) is 4.57 Å². The molecule has 0 N–H and O–H groups in total. The molecule has 0 aromatic heterocycles. The second kappa shape index (κ2) is 21.7. The second-order valence-electron chi connectivity index (χ2n) is 19.1. The van der Waals surface area contributed by atoms with E-state index in [4.69, 9.17) is 13.6 Å². The summed E-state index contributed by atoms with van der Waals surface area (Å²) in [6.45, 7) is -0.282. The molecule has 0 aliphatic carbocycles. The first-order valence-corrected chi connectivity index (χ1v) is 25.5. The van der Waals surface area contributed by atoms with Crippen molar-refractivity contribution in [1.82, 2.24) is 29.4 Å². The number of hydrogen-bond donors (Lipinski definition) is 0. The van der Waals surface area contributed by atoms with Gasteiger partial charge in [-0.2, -0.15) is 4.57 Å². The number of phosphoric acid groups is 1. The van der Waals surface area contributed by atoms with E-state index in [1.54, 1.807) is 96.9 Å². The van der Waals surface area contributed by atoms with E-state index in [1.165, 1.54) is 65.8 Å². The van der Waals surface area contributed by atoms with Gasteiger partial charge in [-0.05, 0) is 124 Å². The Morgan fingerprint density at radius 3 is 0.961 bits per heavy atom. The lowest BCUT2D eigenvalue weighted by Crippen LogP contribution is -2.39. The third kappa shape index (κ3) is 11.4. The zero-order chi connectivity index (χ0) is 55.0. The molecule has 0 bridgehead atoms. The van der Waals surface area contributed by atoms with Crippen LogP contribution in [0.4, 0.5) is 40.7 Å². The molecule has 77 heavy (non-hydrogen) atoms. The number of carbonyl (C=O) groups is 3. The minimum absolute atomic E-state index is 0.0356. The van der Waals surface area contributed by atoms with Gasteiger partial charge in [0.15, 0.2) is 0 Å². The van der Waals surface area contributed by atoms with Crippen LogP contribution < -0.4 is 13.6 Å². The molecule has 0 unspecified atom stereocenters. The van der Waals surface area contributed by atoms with Gasteiger partial charge in [-0.25, -0.2) is 40.7 Å². The van der Waals surface area contributed by atoms with Crippen molar-refractivity contribution in [3.05, 3.63) is 214 Å². The lowest BCUT2D eigenvalue weighted by atomic mass is 10.0. The highest BCUT2D eigenvalue weighted by Gasteiger charge is 2.39. The van der Waals surface area contributed by atoms with Gasteiger partial charge >= 0.3 is 25.9 Å². The molecule has 3 aliphatic rings. The average Bonchev–Trinajstić information content (AvgIpc) is 4.19. The first-order valence-electron chi connectivity index (χ1n) is 24.1. The minimum Gasteiger partial charge on any atom is -0.386 e. The summed E-state index contributed by atoms with van der Waals surface area (Å²) in [5.74, 6) is -4.36. The van der Waals surface area contributed by atoms with E-state index >= 15 is 17.7 Å². The number of benzene rings is 6. The van der Waals surface area contributed by atoms with Crippen molar-refractivity contribution in [3.8, 4) is 17.2 Å². The number of urea groups is 3. The van der Waals surface area contributed by atoms with Crippen LogP contribution in [0.25, 0.3) is 16.7 Å². The molecule has 3 heterocycles. The molecule has 6 amide bonds. The zero-order valence-corrected chi connectivity index (χ0v) is 43.4. The molecule has 0 saturated heterocycles. The summed E-state index contributed by atoms with van der Waals surface area (Å²) in [7, 11) is 4.27. The van der Waals surface area contributed by atoms with Crippen LogP contribution in [0.15, 0.2) is 146 Å². The number of rotatable bonds is 12. The monoisotopic (exact) mass is 1080 g/mol. The van der Waals surface area contributed by atoms with E-state index in [0.29, 0.717) is 33.4 Å². The smallest absolute Gasteiger partial charge is 0.386 e. The predicted molar refractivity (Wildman–Crippen MR) is 277 cm³/mol. The summed E-state index contributed by atoms with van der Waals surface area (Å²) >= 11 is 0. The van der Waals surface area contributed by atoms with Gasteiger partial charge in [-0.15, -0.1) is 0 Å². The summed E-state index contributed by atoms with van der Waals surface area (Å²) in [4.78, 5) is 49.3. The fourth-order valence-corrected chi connectivity index (χ4v) is 10.7. The fraction of sp³-hybridized carbons (Fsp3) is 0.211. The number of nitrogens with zero attached hydrogens (tertiary/aromatic N) is 6. The maximum atomic E-state index is 15.6. The molecule has 0 radical (unpaired) electrons. The van der Waals surface area contributed by atoms with Gasteiger partial charge < -0.3 is 43.0 Å². The van der Waals surface area contributed by atoms with E-state index in [0.717, 1.165) is 54.6 Å². The van der Waals surface area contributed by atoms with Crippen molar-refractivity contribution in [2.75, 3.05) is 61.9 Å². The van der Waals surface area contributed by atoms with Crippen LogP contribution in [0, 0.1) is 34.9 Å². The first-order chi connectivity index (χ1) is 36.6. The van der Waals surface area contributed by atoms with Crippen molar-refractivity contribution in [2.24, 2.45) is 0 Å². The Morgan fingerprint density at radius 1 is 0.429 bits per heavy atom. The first kappa shape index (κ1) is 53.4. The molecule has 0 spiro atoms. The van der Waals surface area contributed by atoms with Crippen LogP contribution in [0.3, 0.4) is 0 Å². The third-order valence-corrected chi connectivity index (χ3v) is 14.4. The lowest BCUT2D eigenvalue weighted by Gasteiger charge is -2.29. The standard InChI is InChI=1S/C57H51F6N6O7P/c1-64(2)55(70)67-31-37(46-28-40(58)16-19-49(46)61)25-52(67)34-10-7-13-43(22-34)74-77(73,75-44-14-8-11-35(23-44)53-26-38(32-68(53)56(71)65(3)4)47-29-41(59)17-20-50(47)62)76-45-15-9-12-36(24-45)54-27-39(33-69(54)57(72)66(5)6)48-30-42(60)18-21-51(48)63/h7-30,52-54H,31-33H2,1-6H3/t52-,53-,54-/m0/s1. The van der Waals surface area contributed by atoms with Crippen LogP contribution in [0.5, 0.6) is 17.2 Å². The van der Waals surface area contributed by atoms with Crippen molar-refractivity contribution in [1.29, 1.82) is 0 Å². The van der Waals surface area contributed by atoms with E-state index in [-0.39, 0.29) is 53.6 Å². The molecular formula is C57H51F6N6O7P. The van der Waals surface area contributed by atoms with E-state index < -0.39 is 78.9 Å². The maximum absolute atomic E-state index is 15.6. The summed E-state index contributed by atoms with van der Waals surface area (Å²) < 4.78 is 123. The van der Waals surface area contributed by atoms with E-state index in [1.807, 2.05) is 0 Å². The van der Waals surface area contributed by atoms with Gasteiger partial charge in [0, 0.05) is 78.6 Å². The number of amides is 6. The van der Waals surface area contributed by atoms with Crippen LogP contribution >= 0.6 is 7.82 Å². The molecular weight excluding hydrogens is 1030 g/mol. The summed E-state index contributed by atoms with van der Waals surface area (Å²) in [6.07, 6.45) is 4.86. The number of halogens is 6. The Labute approximate surface area is 440 Å². The molecule has 6 aromatic rings. The number of hydrogen-bond acceptors (Lipinski definition) is 7. The topological polar surface area (TPSA) is 115 Å². The minimum atomic E-state index is -4.99. The van der Waals surface area contributed by atoms with Crippen molar-refractivity contribution < 1.29 is 58.9 Å². The molecule has 0 fully saturated rings. The van der Waals surface area contributed by atoms with E-state index in [9.17, 15) is 27.6 Å². The van der Waals surface area contributed by atoms with Crippen molar-refractivity contribution in [3.63, 3.8) is 0 Å². The van der Waals surface area contributed by atoms with Gasteiger partial charge in [-0.3, -0.25) is 0 Å². The SMILES string of the molecule is CN(C)C(=O)N1CC(c2cc(F)ccc2F)=C[C@H]1c1cccc(OP(=O)(Oc2cccc([C@@H]3C=C(c4cc(F)ccc4F)CN3C(=O)N(C)C)c2)Oc2cccc([C@@H]3C=C(c4cc(F)ccc4F)CN3C(=O)N(C)C)c2)c1. The number of carbonyl (C=O) groups excluding carboxylic acids is 3. The highest BCUT2D eigenvalue weighted by atomic mass is 31.2. The second-order valence-corrected chi connectivity index (χ2v) is 20.6. The quantitative estimate of drug-likeness (QED) is 0.0885. The van der Waals surface area contributed by atoms with Crippen LogP contribution in [-0.4, -0.2) is 109 Å². The Balaban J connectivity index is 1.11. The van der Waals surface area contributed by atoms with Crippen molar-refractivity contribution >= 4 is 42.6 Å². The highest BCUT2D eigenvalue weighted by molar-refractivity contribution is 7.49. The largest absolute Gasteiger partial charge is 0.647 e. The summed E-state index contributed by atoms with van der Waals surface area (Å²) in [6, 6.07) is 23.7. The van der Waals surface area contributed by atoms with Crippen LogP contribution in [0.1, 0.15) is 51.5 Å². The molecule has 398 valence electrons. The van der Waals surface area contributed by atoms with Gasteiger partial charge in [0.05, 0.1) is 18.1 Å². The fourth-order valence-electron chi connectivity index (χ4n) is 9.47. The Kier molecular flexibility index (Phi) is 15.0.